The molecule has 0 aliphatic rings. The van der Waals surface area contributed by atoms with Gasteiger partial charge in [0.25, 0.3) is 0 Å². The SMILES string of the molecule is CCCCCCCCCCCSc1cc(CCCC)cc(SCCCCCCCCCCC)c1SCCCCCCCCCCC. The maximum atomic E-state index is 2.61. The number of benzene rings is 1. The average Bonchev–Trinajstić information content (AvgIpc) is 3.07. The van der Waals surface area contributed by atoms with Crippen LogP contribution in [0.2, 0.25) is 0 Å². The van der Waals surface area contributed by atoms with E-state index in [4.69, 9.17) is 0 Å². The van der Waals surface area contributed by atoms with Crippen molar-refractivity contribution in [3.05, 3.63) is 17.7 Å². The third kappa shape index (κ3) is 26.2. The molecule has 0 heterocycles. The number of aryl methyl sites for hydroxylation is 1. The average molecular weight is 693 g/mol. The van der Waals surface area contributed by atoms with Crippen molar-refractivity contribution >= 4 is 35.3 Å². The minimum Gasteiger partial charge on any atom is -0.125 e. The van der Waals surface area contributed by atoms with Gasteiger partial charge in [-0.15, -0.1) is 35.3 Å². The molecule has 1 aromatic rings. The Hall–Kier alpha value is 0.270. The first-order chi connectivity index (χ1) is 22.8. The Balaban J connectivity index is 2.68. The van der Waals surface area contributed by atoms with Gasteiger partial charge in [0.2, 0.25) is 0 Å². The molecule has 1 rings (SSSR count). The fourth-order valence-corrected chi connectivity index (χ4v) is 10.1. The highest BCUT2D eigenvalue weighted by molar-refractivity contribution is 8.03. The minimum absolute atomic E-state index is 1.25. The lowest BCUT2D eigenvalue weighted by Gasteiger charge is -2.17. The third-order valence-corrected chi connectivity index (χ3v) is 13.1. The van der Waals surface area contributed by atoms with E-state index in [0.29, 0.717) is 0 Å². The summed E-state index contributed by atoms with van der Waals surface area (Å²) in [6.45, 7) is 9.29. The van der Waals surface area contributed by atoms with Crippen molar-refractivity contribution in [1.82, 2.24) is 0 Å². The van der Waals surface area contributed by atoms with Crippen molar-refractivity contribution in [2.45, 2.75) is 235 Å². The Morgan fingerprint density at radius 3 is 0.935 bits per heavy atom. The maximum absolute atomic E-state index is 2.61. The van der Waals surface area contributed by atoms with Crippen LogP contribution < -0.4 is 0 Å². The van der Waals surface area contributed by atoms with Crippen LogP contribution in [0.3, 0.4) is 0 Å². The Bertz CT molecular complexity index is 715. The van der Waals surface area contributed by atoms with Gasteiger partial charge in [-0.25, -0.2) is 0 Å². The highest BCUT2D eigenvalue weighted by Gasteiger charge is 2.14. The van der Waals surface area contributed by atoms with Crippen LogP contribution in [0.15, 0.2) is 26.8 Å². The van der Waals surface area contributed by atoms with Gasteiger partial charge < -0.3 is 0 Å². The number of hydrogen-bond acceptors (Lipinski definition) is 3. The molecule has 0 spiro atoms. The quantitative estimate of drug-likeness (QED) is 0.0507. The summed E-state index contributed by atoms with van der Waals surface area (Å²) in [5, 5.41) is 0. The van der Waals surface area contributed by atoms with Gasteiger partial charge in [0.1, 0.15) is 0 Å². The van der Waals surface area contributed by atoms with E-state index < -0.39 is 0 Å². The lowest BCUT2D eigenvalue weighted by Crippen LogP contribution is -1.95. The number of unbranched alkanes of at least 4 members (excludes halogenated alkanes) is 25. The van der Waals surface area contributed by atoms with E-state index in [1.807, 2.05) is 0 Å². The van der Waals surface area contributed by atoms with E-state index in [2.05, 4.69) is 75.1 Å². The van der Waals surface area contributed by atoms with Crippen molar-refractivity contribution in [3.63, 3.8) is 0 Å². The van der Waals surface area contributed by atoms with E-state index in [1.165, 1.54) is 210 Å². The van der Waals surface area contributed by atoms with Gasteiger partial charge in [-0.1, -0.05) is 188 Å². The highest BCUT2D eigenvalue weighted by Crippen LogP contribution is 2.41. The topological polar surface area (TPSA) is 0 Å². The molecule has 270 valence electrons. The molecule has 0 unspecified atom stereocenters. The summed E-state index contributed by atoms with van der Waals surface area (Å²) in [6, 6.07) is 5.21. The molecule has 0 saturated heterocycles. The zero-order chi connectivity index (χ0) is 33.2. The number of thioether (sulfide) groups is 3. The summed E-state index contributed by atoms with van der Waals surface area (Å²) in [6.07, 6.45) is 42.2. The third-order valence-electron chi connectivity index (χ3n) is 9.40. The molecule has 0 radical (unpaired) electrons. The zero-order valence-electron chi connectivity index (χ0n) is 31.7. The van der Waals surface area contributed by atoms with Crippen LogP contribution >= 0.6 is 35.3 Å². The van der Waals surface area contributed by atoms with E-state index in [0.717, 1.165) is 0 Å². The first-order valence-corrected chi connectivity index (χ1v) is 23.8. The summed E-state index contributed by atoms with van der Waals surface area (Å²) < 4.78 is 0. The summed E-state index contributed by atoms with van der Waals surface area (Å²) >= 11 is 6.58. The van der Waals surface area contributed by atoms with Gasteiger partial charge in [-0.05, 0) is 67.1 Å². The Labute approximate surface area is 303 Å². The minimum atomic E-state index is 1.25. The molecular weight excluding hydrogens is 613 g/mol. The van der Waals surface area contributed by atoms with Crippen molar-refractivity contribution in [1.29, 1.82) is 0 Å². The number of rotatable bonds is 36. The second-order valence-electron chi connectivity index (χ2n) is 14.1. The predicted molar refractivity (Wildman–Crippen MR) is 219 cm³/mol. The van der Waals surface area contributed by atoms with Crippen LogP contribution in [0, 0.1) is 0 Å². The van der Waals surface area contributed by atoms with Gasteiger partial charge in [0, 0.05) is 14.7 Å². The molecular formula is C43H80S3. The summed E-state index contributed by atoms with van der Waals surface area (Å²) in [7, 11) is 0. The first-order valence-electron chi connectivity index (χ1n) is 20.8. The smallest absolute Gasteiger partial charge is 0.0344 e. The van der Waals surface area contributed by atoms with Crippen LogP contribution in [0.25, 0.3) is 0 Å². The molecule has 46 heavy (non-hydrogen) atoms. The van der Waals surface area contributed by atoms with Crippen molar-refractivity contribution in [2.75, 3.05) is 17.3 Å². The summed E-state index contributed by atoms with van der Waals surface area (Å²) in [5.74, 6) is 3.88. The van der Waals surface area contributed by atoms with E-state index in [-0.39, 0.29) is 0 Å². The second-order valence-corrected chi connectivity index (χ2v) is 17.4. The van der Waals surface area contributed by atoms with Crippen LogP contribution in [0.4, 0.5) is 0 Å². The lowest BCUT2D eigenvalue weighted by atomic mass is 10.1. The van der Waals surface area contributed by atoms with Crippen LogP contribution in [-0.4, -0.2) is 17.3 Å². The molecule has 0 N–H and O–H groups in total. The summed E-state index contributed by atoms with van der Waals surface area (Å²) in [5.41, 5.74) is 1.60. The molecule has 0 aliphatic heterocycles. The Morgan fingerprint density at radius 1 is 0.326 bits per heavy atom. The van der Waals surface area contributed by atoms with Crippen molar-refractivity contribution < 1.29 is 0 Å². The Kier molecular flexibility index (Phi) is 33.8. The van der Waals surface area contributed by atoms with Crippen LogP contribution in [0.1, 0.15) is 219 Å². The molecule has 0 nitrogen and oxygen atoms in total. The lowest BCUT2D eigenvalue weighted by molar-refractivity contribution is 0.573. The fraction of sp³-hybridized carbons (Fsp3) is 0.860. The van der Waals surface area contributed by atoms with Gasteiger partial charge in [-0.3, -0.25) is 0 Å². The van der Waals surface area contributed by atoms with E-state index in [9.17, 15) is 0 Å². The van der Waals surface area contributed by atoms with Crippen molar-refractivity contribution in [3.8, 4) is 0 Å². The second kappa shape index (κ2) is 35.1. The zero-order valence-corrected chi connectivity index (χ0v) is 34.2. The standard InChI is InChI=1S/C43H80S3/c1-5-9-13-16-19-22-25-28-31-35-44-41-38-40(34-12-8-4)39-42(45-36-32-29-26-23-20-17-14-10-6-2)43(41)46-37-33-30-27-24-21-18-15-11-7-3/h38-39H,5-37H2,1-4H3. The first kappa shape index (κ1) is 44.3. The molecule has 0 atom stereocenters. The fourth-order valence-electron chi connectivity index (χ4n) is 6.29. The largest absolute Gasteiger partial charge is 0.125 e. The molecule has 0 bridgehead atoms. The predicted octanol–water partition coefficient (Wildman–Crippen LogP) is 16.9. The van der Waals surface area contributed by atoms with Crippen molar-refractivity contribution in [2.24, 2.45) is 0 Å². The van der Waals surface area contributed by atoms with Gasteiger partial charge in [0.15, 0.2) is 0 Å². The Morgan fingerprint density at radius 2 is 0.609 bits per heavy atom. The summed E-state index contributed by atoms with van der Waals surface area (Å²) in [4.78, 5) is 4.87. The van der Waals surface area contributed by atoms with Gasteiger partial charge in [0.05, 0.1) is 0 Å². The van der Waals surface area contributed by atoms with Crippen LogP contribution in [0.5, 0.6) is 0 Å². The molecule has 0 aliphatic carbocycles. The highest BCUT2D eigenvalue weighted by atomic mass is 32.2. The van der Waals surface area contributed by atoms with Gasteiger partial charge >= 0.3 is 0 Å². The monoisotopic (exact) mass is 693 g/mol. The molecule has 3 heteroatoms. The molecule has 1 aromatic carbocycles. The maximum Gasteiger partial charge on any atom is 0.0344 e. The van der Waals surface area contributed by atoms with E-state index >= 15 is 0 Å². The molecule has 0 saturated carbocycles. The molecule has 0 amide bonds. The van der Waals surface area contributed by atoms with E-state index in [1.54, 1.807) is 20.2 Å². The molecule has 0 aromatic heterocycles. The number of hydrogen-bond donors (Lipinski definition) is 0. The normalized spacial score (nSPS) is 11.6. The van der Waals surface area contributed by atoms with Crippen LogP contribution in [-0.2, 0) is 6.42 Å². The molecule has 0 fully saturated rings. The van der Waals surface area contributed by atoms with Gasteiger partial charge in [-0.2, -0.15) is 0 Å².